The molecule has 1 aromatic carbocycles. The first-order chi connectivity index (χ1) is 7.22. The quantitative estimate of drug-likeness (QED) is 0.750. The smallest absolute Gasteiger partial charge is 0.0409 e. The van der Waals surface area contributed by atoms with Crippen molar-refractivity contribution >= 4 is 11.6 Å². The van der Waals surface area contributed by atoms with Gasteiger partial charge in [0.25, 0.3) is 0 Å². The second kappa shape index (κ2) is 6.83. The number of halogens is 1. The highest BCUT2D eigenvalue weighted by molar-refractivity contribution is 6.30. The van der Waals surface area contributed by atoms with Gasteiger partial charge in [-0.15, -0.1) is 0 Å². The molecule has 1 N–H and O–H groups in total. The molecular formula is C12H19ClN2. The molecule has 0 atom stereocenters. The maximum absolute atomic E-state index is 5.92. The van der Waals surface area contributed by atoms with E-state index >= 15 is 0 Å². The summed E-state index contributed by atoms with van der Waals surface area (Å²) in [6.45, 7) is 6.20. The maximum atomic E-state index is 5.92. The normalized spacial score (nSPS) is 10.9. The third-order valence-corrected chi connectivity index (χ3v) is 2.50. The van der Waals surface area contributed by atoms with Crippen LogP contribution < -0.4 is 5.32 Å². The molecule has 0 radical (unpaired) electrons. The van der Waals surface area contributed by atoms with Crippen molar-refractivity contribution in [3.63, 3.8) is 0 Å². The van der Waals surface area contributed by atoms with E-state index < -0.39 is 0 Å². The molecule has 1 rings (SSSR count). The summed E-state index contributed by atoms with van der Waals surface area (Å²) in [5, 5.41) is 4.12. The highest BCUT2D eigenvalue weighted by Crippen LogP contribution is 2.11. The molecule has 0 heterocycles. The van der Waals surface area contributed by atoms with Crippen LogP contribution in [0, 0.1) is 0 Å². The van der Waals surface area contributed by atoms with Crippen LogP contribution in [-0.2, 0) is 6.54 Å². The zero-order valence-corrected chi connectivity index (χ0v) is 10.2. The maximum Gasteiger partial charge on any atom is 0.0409 e. The molecule has 0 saturated heterocycles. The van der Waals surface area contributed by atoms with E-state index in [9.17, 15) is 0 Å². The first kappa shape index (κ1) is 12.5. The van der Waals surface area contributed by atoms with Gasteiger partial charge in [0, 0.05) is 24.7 Å². The number of rotatable bonds is 6. The van der Waals surface area contributed by atoms with Crippen LogP contribution in [-0.4, -0.2) is 31.6 Å². The van der Waals surface area contributed by atoms with E-state index in [0.29, 0.717) is 0 Å². The Bertz CT molecular complexity index is 289. The van der Waals surface area contributed by atoms with E-state index in [-0.39, 0.29) is 0 Å². The monoisotopic (exact) mass is 226 g/mol. The van der Waals surface area contributed by atoms with Crippen molar-refractivity contribution in [1.29, 1.82) is 0 Å². The van der Waals surface area contributed by atoms with Crippen LogP contribution in [0.15, 0.2) is 24.3 Å². The zero-order chi connectivity index (χ0) is 11.1. The van der Waals surface area contributed by atoms with Crippen molar-refractivity contribution in [1.82, 2.24) is 10.2 Å². The molecule has 0 fully saturated rings. The SMILES string of the molecule is CCNCCN(C)Cc1cccc(Cl)c1. The van der Waals surface area contributed by atoms with E-state index in [0.717, 1.165) is 31.2 Å². The van der Waals surface area contributed by atoms with Gasteiger partial charge in [-0.25, -0.2) is 0 Å². The lowest BCUT2D eigenvalue weighted by molar-refractivity contribution is 0.325. The molecule has 15 heavy (non-hydrogen) atoms. The van der Waals surface area contributed by atoms with Crippen LogP contribution >= 0.6 is 11.6 Å². The van der Waals surface area contributed by atoms with Crippen molar-refractivity contribution in [2.45, 2.75) is 13.5 Å². The molecular weight excluding hydrogens is 208 g/mol. The molecule has 0 aromatic heterocycles. The molecule has 0 amide bonds. The Morgan fingerprint density at radius 1 is 1.40 bits per heavy atom. The van der Waals surface area contributed by atoms with Crippen molar-refractivity contribution in [2.24, 2.45) is 0 Å². The van der Waals surface area contributed by atoms with Crippen molar-refractivity contribution in [3.8, 4) is 0 Å². The Hall–Kier alpha value is -0.570. The molecule has 0 aliphatic carbocycles. The largest absolute Gasteiger partial charge is 0.316 e. The van der Waals surface area contributed by atoms with Crippen LogP contribution in [0.1, 0.15) is 12.5 Å². The van der Waals surface area contributed by atoms with Gasteiger partial charge in [-0.05, 0) is 31.3 Å². The molecule has 3 heteroatoms. The van der Waals surface area contributed by atoms with Crippen molar-refractivity contribution < 1.29 is 0 Å². The Morgan fingerprint density at radius 2 is 2.20 bits per heavy atom. The van der Waals surface area contributed by atoms with Crippen molar-refractivity contribution in [3.05, 3.63) is 34.9 Å². The van der Waals surface area contributed by atoms with Gasteiger partial charge < -0.3 is 10.2 Å². The molecule has 0 spiro atoms. The van der Waals surface area contributed by atoms with Crippen LogP contribution in [0.3, 0.4) is 0 Å². The van der Waals surface area contributed by atoms with E-state index in [1.807, 2.05) is 18.2 Å². The Morgan fingerprint density at radius 3 is 2.87 bits per heavy atom. The average Bonchev–Trinajstić information content (AvgIpc) is 2.18. The fourth-order valence-electron chi connectivity index (χ4n) is 1.47. The standard InChI is InChI=1S/C12H19ClN2/c1-3-14-7-8-15(2)10-11-5-4-6-12(13)9-11/h4-6,9,14H,3,7-8,10H2,1-2H3. The Kier molecular flexibility index (Phi) is 5.69. The van der Waals surface area contributed by atoms with Gasteiger partial charge in [0.05, 0.1) is 0 Å². The third kappa shape index (κ3) is 5.17. The second-order valence-electron chi connectivity index (χ2n) is 3.72. The number of nitrogens with zero attached hydrogens (tertiary/aromatic N) is 1. The van der Waals surface area contributed by atoms with Gasteiger partial charge in [0.2, 0.25) is 0 Å². The first-order valence-corrected chi connectivity index (χ1v) is 5.74. The molecule has 0 bridgehead atoms. The topological polar surface area (TPSA) is 15.3 Å². The van der Waals surface area contributed by atoms with E-state index in [2.05, 4.69) is 30.3 Å². The predicted molar refractivity (Wildman–Crippen MR) is 66.3 cm³/mol. The molecule has 0 saturated carbocycles. The van der Waals surface area contributed by atoms with E-state index in [1.54, 1.807) is 0 Å². The molecule has 0 aliphatic heterocycles. The van der Waals surface area contributed by atoms with Crippen LogP contribution in [0.2, 0.25) is 5.02 Å². The summed E-state index contributed by atoms with van der Waals surface area (Å²) in [4.78, 5) is 2.29. The van der Waals surface area contributed by atoms with Gasteiger partial charge in [-0.3, -0.25) is 0 Å². The van der Waals surface area contributed by atoms with Crippen LogP contribution in [0.5, 0.6) is 0 Å². The number of likely N-dealkylation sites (N-methyl/N-ethyl adjacent to an activating group) is 2. The molecule has 1 aromatic rings. The summed E-state index contributed by atoms with van der Waals surface area (Å²) < 4.78 is 0. The fraction of sp³-hybridized carbons (Fsp3) is 0.500. The molecule has 84 valence electrons. The first-order valence-electron chi connectivity index (χ1n) is 5.36. The molecule has 0 unspecified atom stereocenters. The summed E-state index contributed by atoms with van der Waals surface area (Å²) in [5.74, 6) is 0. The lowest BCUT2D eigenvalue weighted by atomic mass is 10.2. The number of hydrogen-bond donors (Lipinski definition) is 1. The average molecular weight is 227 g/mol. The van der Waals surface area contributed by atoms with Gasteiger partial charge in [0.1, 0.15) is 0 Å². The van der Waals surface area contributed by atoms with Crippen LogP contribution in [0.25, 0.3) is 0 Å². The van der Waals surface area contributed by atoms with Gasteiger partial charge in [-0.1, -0.05) is 30.7 Å². The minimum atomic E-state index is 0.813. The van der Waals surface area contributed by atoms with Gasteiger partial charge in [-0.2, -0.15) is 0 Å². The van der Waals surface area contributed by atoms with Gasteiger partial charge in [0.15, 0.2) is 0 Å². The lowest BCUT2D eigenvalue weighted by Gasteiger charge is -2.16. The minimum Gasteiger partial charge on any atom is -0.316 e. The highest BCUT2D eigenvalue weighted by atomic mass is 35.5. The van der Waals surface area contributed by atoms with E-state index in [4.69, 9.17) is 11.6 Å². The summed E-state index contributed by atoms with van der Waals surface area (Å²) in [6.07, 6.45) is 0. The predicted octanol–water partition coefficient (Wildman–Crippen LogP) is 2.38. The minimum absolute atomic E-state index is 0.813. The van der Waals surface area contributed by atoms with E-state index in [1.165, 1.54) is 5.56 Å². The van der Waals surface area contributed by atoms with Crippen molar-refractivity contribution in [2.75, 3.05) is 26.7 Å². The zero-order valence-electron chi connectivity index (χ0n) is 9.46. The Balaban J connectivity index is 2.34. The van der Waals surface area contributed by atoms with Crippen LogP contribution in [0.4, 0.5) is 0 Å². The number of nitrogens with one attached hydrogen (secondary N) is 1. The summed E-state index contributed by atoms with van der Waals surface area (Å²) >= 11 is 5.92. The number of hydrogen-bond acceptors (Lipinski definition) is 2. The summed E-state index contributed by atoms with van der Waals surface area (Å²) in [7, 11) is 2.12. The summed E-state index contributed by atoms with van der Waals surface area (Å²) in [5.41, 5.74) is 1.27. The molecule has 2 nitrogen and oxygen atoms in total. The number of benzene rings is 1. The third-order valence-electron chi connectivity index (χ3n) is 2.26. The summed E-state index contributed by atoms with van der Waals surface area (Å²) in [6, 6.07) is 8.03. The lowest BCUT2D eigenvalue weighted by Crippen LogP contribution is -2.28. The highest BCUT2D eigenvalue weighted by Gasteiger charge is 1.99. The van der Waals surface area contributed by atoms with Gasteiger partial charge >= 0.3 is 0 Å². The second-order valence-corrected chi connectivity index (χ2v) is 4.16. The fourth-order valence-corrected chi connectivity index (χ4v) is 1.69. The Labute approximate surface area is 97.2 Å². The molecule has 0 aliphatic rings.